The van der Waals surface area contributed by atoms with Crippen molar-refractivity contribution in [2.24, 2.45) is 5.10 Å². The van der Waals surface area contributed by atoms with Crippen molar-refractivity contribution < 1.29 is 19.0 Å². The van der Waals surface area contributed by atoms with Crippen LogP contribution in [0, 0.1) is 0 Å². The SMILES string of the molecule is COc1cc(/C=N/NC(=O)COc2ccc3ccccc3c2)ccc1OCc1ccccc1. The zero-order chi connectivity index (χ0) is 22.9. The molecule has 1 N–H and O–H groups in total. The van der Waals surface area contributed by atoms with E-state index >= 15 is 0 Å². The molecule has 4 aromatic rings. The lowest BCUT2D eigenvalue weighted by atomic mass is 10.1. The number of nitrogens with zero attached hydrogens (tertiary/aromatic N) is 1. The van der Waals surface area contributed by atoms with E-state index in [4.69, 9.17) is 14.2 Å². The van der Waals surface area contributed by atoms with Gasteiger partial charge in [-0.05, 0) is 52.2 Å². The molecule has 0 atom stereocenters. The number of amides is 1. The lowest BCUT2D eigenvalue weighted by molar-refractivity contribution is -0.123. The molecule has 0 aromatic heterocycles. The van der Waals surface area contributed by atoms with Crippen molar-refractivity contribution in [2.75, 3.05) is 13.7 Å². The molecule has 0 unspecified atom stereocenters. The molecule has 33 heavy (non-hydrogen) atoms. The molecule has 166 valence electrons. The fraction of sp³-hybridized carbons (Fsp3) is 0.111. The first-order valence-corrected chi connectivity index (χ1v) is 10.5. The molecule has 0 heterocycles. The highest BCUT2D eigenvalue weighted by molar-refractivity contribution is 5.85. The molecule has 6 heteroatoms. The summed E-state index contributed by atoms with van der Waals surface area (Å²) >= 11 is 0. The van der Waals surface area contributed by atoms with Gasteiger partial charge in [0.1, 0.15) is 12.4 Å². The Bertz CT molecular complexity index is 1260. The molecule has 0 bridgehead atoms. The third-order valence-corrected chi connectivity index (χ3v) is 4.92. The van der Waals surface area contributed by atoms with Crippen LogP contribution in [0.25, 0.3) is 10.8 Å². The lowest BCUT2D eigenvalue weighted by Gasteiger charge is -2.11. The van der Waals surface area contributed by atoms with E-state index in [0.29, 0.717) is 23.9 Å². The van der Waals surface area contributed by atoms with Gasteiger partial charge in [0.25, 0.3) is 5.91 Å². The highest BCUT2D eigenvalue weighted by atomic mass is 16.5. The highest BCUT2D eigenvalue weighted by Crippen LogP contribution is 2.28. The van der Waals surface area contributed by atoms with Gasteiger partial charge in [-0.1, -0.05) is 60.7 Å². The van der Waals surface area contributed by atoms with Gasteiger partial charge in [-0.25, -0.2) is 5.43 Å². The summed E-state index contributed by atoms with van der Waals surface area (Å²) in [4.78, 5) is 12.1. The molecule has 0 aliphatic carbocycles. The first-order valence-electron chi connectivity index (χ1n) is 10.5. The van der Waals surface area contributed by atoms with Gasteiger partial charge in [0.15, 0.2) is 18.1 Å². The van der Waals surface area contributed by atoms with Crippen molar-refractivity contribution >= 4 is 22.9 Å². The number of nitrogens with one attached hydrogen (secondary N) is 1. The van der Waals surface area contributed by atoms with Gasteiger partial charge in [-0.15, -0.1) is 0 Å². The number of carbonyl (C=O) groups excluding carboxylic acids is 1. The molecule has 6 nitrogen and oxygen atoms in total. The number of rotatable bonds is 9. The maximum atomic E-state index is 12.1. The summed E-state index contributed by atoms with van der Waals surface area (Å²) in [6.07, 6.45) is 1.54. The van der Waals surface area contributed by atoms with E-state index in [1.54, 1.807) is 13.2 Å². The van der Waals surface area contributed by atoms with Gasteiger partial charge in [0.05, 0.1) is 13.3 Å². The minimum absolute atomic E-state index is 0.134. The fourth-order valence-electron chi connectivity index (χ4n) is 3.24. The Labute approximate surface area is 192 Å². The number of hydrogen-bond acceptors (Lipinski definition) is 5. The van der Waals surface area contributed by atoms with Crippen molar-refractivity contribution in [3.63, 3.8) is 0 Å². The van der Waals surface area contributed by atoms with E-state index in [0.717, 1.165) is 21.9 Å². The Morgan fingerprint density at radius 1 is 0.848 bits per heavy atom. The highest BCUT2D eigenvalue weighted by Gasteiger charge is 2.06. The first kappa shape index (κ1) is 21.9. The Hall–Kier alpha value is -4.32. The summed E-state index contributed by atoms with van der Waals surface area (Å²) in [6.45, 7) is 0.309. The topological polar surface area (TPSA) is 69.2 Å². The van der Waals surface area contributed by atoms with Crippen LogP contribution < -0.4 is 19.6 Å². The predicted molar refractivity (Wildman–Crippen MR) is 129 cm³/mol. The number of benzene rings is 4. The van der Waals surface area contributed by atoms with Crippen molar-refractivity contribution in [2.45, 2.75) is 6.61 Å². The molecule has 0 saturated heterocycles. The average Bonchev–Trinajstić information content (AvgIpc) is 2.87. The van der Waals surface area contributed by atoms with Crippen LogP contribution in [0.2, 0.25) is 0 Å². The van der Waals surface area contributed by atoms with E-state index in [1.807, 2.05) is 84.9 Å². The second kappa shape index (κ2) is 10.8. The quantitative estimate of drug-likeness (QED) is 0.295. The van der Waals surface area contributed by atoms with Gasteiger partial charge in [0.2, 0.25) is 0 Å². The molecule has 0 saturated carbocycles. The van der Waals surface area contributed by atoms with Gasteiger partial charge >= 0.3 is 0 Å². The number of fused-ring (bicyclic) bond motifs is 1. The molecule has 0 aliphatic rings. The average molecular weight is 440 g/mol. The number of ether oxygens (including phenoxy) is 3. The number of carbonyl (C=O) groups is 1. The number of hydrazone groups is 1. The molecule has 4 aromatic carbocycles. The van der Waals surface area contributed by atoms with Crippen molar-refractivity contribution in [1.82, 2.24) is 5.43 Å². The standard InChI is InChI=1S/C27H24N2O4/c1-31-26-15-21(11-14-25(26)33-18-20-7-3-2-4-8-20)17-28-29-27(30)19-32-24-13-12-22-9-5-6-10-23(22)16-24/h2-17H,18-19H2,1H3,(H,29,30)/b28-17+. The molecular formula is C27H24N2O4. The van der Waals surface area contributed by atoms with Crippen molar-refractivity contribution in [1.29, 1.82) is 0 Å². The van der Waals surface area contributed by atoms with Gasteiger partial charge in [-0.2, -0.15) is 5.10 Å². The molecule has 1 amide bonds. The van der Waals surface area contributed by atoms with E-state index < -0.39 is 0 Å². The minimum Gasteiger partial charge on any atom is -0.493 e. The van der Waals surface area contributed by atoms with E-state index in [9.17, 15) is 4.79 Å². The summed E-state index contributed by atoms with van der Waals surface area (Å²) in [6, 6.07) is 29.0. The van der Waals surface area contributed by atoms with Crippen molar-refractivity contribution in [3.8, 4) is 17.2 Å². The fourth-order valence-corrected chi connectivity index (χ4v) is 3.24. The van der Waals surface area contributed by atoms with Crippen LogP contribution in [0.5, 0.6) is 17.2 Å². The Kier molecular flexibility index (Phi) is 7.18. The summed E-state index contributed by atoms with van der Waals surface area (Å²) in [5.74, 6) is 1.49. The van der Waals surface area contributed by atoms with Crippen LogP contribution in [0.4, 0.5) is 0 Å². The second-order valence-electron chi connectivity index (χ2n) is 7.28. The van der Waals surface area contributed by atoms with Crippen LogP contribution in [-0.4, -0.2) is 25.8 Å². The molecule has 0 radical (unpaired) electrons. The summed E-state index contributed by atoms with van der Waals surface area (Å²) in [5.41, 5.74) is 4.30. The molecule has 0 aliphatic heterocycles. The Morgan fingerprint density at radius 3 is 2.45 bits per heavy atom. The number of methoxy groups -OCH3 is 1. The predicted octanol–water partition coefficient (Wildman–Crippen LogP) is 4.96. The Morgan fingerprint density at radius 2 is 1.64 bits per heavy atom. The normalized spacial score (nSPS) is 10.8. The largest absolute Gasteiger partial charge is 0.493 e. The molecule has 0 fully saturated rings. The van der Waals surface area contributed by atoms with Gasteiger partial charge < -0.3 is 14.2 Å². The van der Waals surface area contributed by atoms with Gasteiger partial charge in [-0.3, -0.25) is 4.79 Å². The van der Waals surface area contributed by atoms with Crippen LogP contribution in [0.1, 0.15) is 11.1 Å². The van der Waals surface area contributed by atoms with E-state index in [1.165, 1.54) is 6.21 Å². The zero-order valence-electron chi connectivity index (χ0n) is 18.2. The summed E-state index contributed by atoms with van der Waals surface area (Å²) < 4.78 is 16.9. The van der Waals surface area contributed by atoms with Crippen LogP contribution >= 0.6 is 0 Å². The van der Waals surface area contributed by atoms with E-state index in [-0.39, 0.29) is 12.5 Å². The molecule has 4 rings (SSSR count). The van der Waals surface area contributed by atoms with Gasteiger partial charge in [0, 0.05) is 0 Å². The third-order valence-electron chi connectivity index (χ3n) is 4.92. The Balaban J connectivity index is 1.29. The smallest absolute Gasteiger partial charge is 0.277 e. The van der Waals surface area contributed by atoms with E-state index in [2.05, 4.69) is 10.5 Å². The van der Waals surface area contributed by atoms with Crippen LogP contribution in [0.15, 0.2) is 96.1 Å². The molecular weight excluding hydrogens is 416 g/mol. The van der Waals surface area contributed by atoms with Crippen LogP contribution in [-0.2, 0) is 11.4 Å². The van der Waals surface area contributed by atoms with Crippen molar-refractivity contribution in [3.05, 3.63) is 102 Å². The maximum absolute atomic E-state index is 12.1. The third kappa shape index (κ3) is 6.11. The molecule has 0 spiro atoms. The number of hydrogen-bond donors (Lipinski definition) is 1. The summed E-state index contributed by atoms with van der Waals surface area (Å²) in [7, 11) is 1.58. The monoisotopic (exact) mass is 440 g/mol. The minimum atomic E-state index is -0.353. The summed E-state index contributed by atoms with van der Waals surface area (Å²) in [5, 5.41) is 6.17. The lowest BCUT2D eigenvalue weighted by Crippen LogP contribution is -2.24. The maximum Gasteiger partial charge on any atom is 0.277 e. The van der Waals surface area contributed by atoms with Crippen LogP contribution in [0.3, 0.4) is 0 Å². The zero-order valence-corrected chi connectivity index (χ0v) is 18.2. The second-order valence-corrected chi connectivity index (χ2v) is 7.28. The first-order chi connectivity index (χ1) is 16.2.